The van der Waals surface area contributed by atoms with Crippen molar-refractivity contribution in [2.75, 3.05) is 44.2 Å². The van der Waals surface area contributed by atoms with Gasteiger partial charge in [0.25, 0.3) is 5.91 Å². The molecular formula is C23H27N5O. The summed E-state index contributed by atoms with van der Waals surface area (Å²) in [5.74, 6) is -0.336. The SMILES string of the molecule is N#C/C(=C/N(Cc1ccccc1)c1ccccc1)C(=O)NCCN1CCNCC1. The number of hydrogen-bond donors (Lipinski definition) is 2. The lowest BCUT2D eigenvalue weighted by Crippen LogP contribution is -2.46. The van der Waals surface area contributed by atoms with E-state index in [0.29, 0.717) is 13.1 Å². The Morgan fingerprint density at radius 2 is 1.76 bits per heavy atom. The highest BCUT2D eigenvalue weighted by Gasteiger charge is 2.14. The smallest absolute Gasteiger partial charge is 0.263 e. The van der Waals surface area contributed by atoms with Gasteiger partial charge in [-0.05, 0) is 17.7 Å². The molecule has 0 saturated carbocycles. The van der Waals surface area contributed by atoms with Crippen molar-refractivity contribution in [1.29, 1.82) is 5.26 Å². The van der Waals surface area contributed by atoms with Gasteiger partial charge in [0.15, 0.2) is 0 Å². The Bertz CT molecular complexity index is 839. The van der Waals surface area contributed by atoms with Gasteiger partial charge in [0.1, 0.15) is 11.6 Å². The van der Waals surface area contributed by atoms with Gasteiger partial charge in [0.2, 0.25) is 0 Å². The van der Waals surface area contributed by atoms with Crippen molar-refractivity contribution in [3.63, 3.8) is 0 Å². The molecule has 0 bridgehead atoms. The maximum Gasteiger partial charge on any atom is 0.263 e. The van der Waals surface area contributed by atoms with Gasteiger partial charge in [-0.3, -0.25) is 9.69 Å². The predicted octanol–water partition coefficient (Wildman–Crippen LogP) is 2.12. The van der Waals surface area contributed by atoms with E-state index in [2.05, 4.69) is 21.6 Å². The van der Waals surface area contributed by atoms with Gasteiger partial charge in [-0.15, -0.1) is 0 Å². The molecule has 1 aliphatic rings. The molecule has 1 heterocycles. The number of carbonyl (C=O) groups is 1. The maximum absolute atomic E-state index is 12.6. The molecule has 0 spiro atoms. The van der Waals surface area contributed by atoms with Crippen LogP contribution in [0.2, 0.25) is 0 Å². The zero-order valence-electron chi connectivity index (χ0n) is 16.6. The Morgan fingerprint density at radius 1 is 1.10 bits per heavy atom. The van der Waals surface area contributed by atoms with Crippen molar-refractivity contribution in [2.45, 2.75) is 6.54 Å². The molecule has 1 fully saturated rings. The number of rotatable bonds is 8. The summed E-state index contributed by atoms with van der Waals surface area (Å²) in [6.45, 7) is 5.81. The van der Waals surface area contributed by atoms with Crippen molar-refractivity contribution >= 4 is 11.6 Å². The fourth-order valence-corrected chi connectivity index (χ4v) is 3.26. The first-order valence-electron chi connectivity index (χ1n) is 9.95. The summed E-state index contributed by atoms with van der Waals surface area (Å²) in [6.07, 6.45) is 1.64. The molecule has 1 amide bonds. The lowest BCUT2D eigenvalue weighted by molar-refractivity contribution is -0.117. The van der Waals surface area contributed by atoms with E-state index < -0.39 is 0 Å². The van der Waals surface area contributed by atoms with Gasteiger partial charge in [-0.1, -0.05) is 48.5 Å². The molecule has 1 saturated heterocycles. The summed E-state index contributed by atoms with van der Waals surface area (Å²) in [4.78, 5) is 16.8. The molecule has 0 aliphatic carbocycles. The summed E-state index contributed by atoms with van der Waals surface area (Å²) in [5, 5.41) is 15.8. The summed E-state index contributed by atoms with van der Waals surface area (Å²) in [7, 11) is 0. The van der Waals surface area contributed by atoms with E-state index in [0.717, 1.165) is 44.0 Å². The molecule has 0 atom stereocenters. The zero-order chi connectivity index (χ0) is 20.3. The van der Waals surface area contributed by atoms with E-state index in [1.807, 2.05) is 65.6 Å². The highest BCUT2D eigenvalue weighted by atomic mass is 16.1. The van der Waals surface area contributed by atoms with Crippen molar-refractivity contribution in [3.8, 4) is 6.07 Å². The zero-order valence-corrected chi connectivity index (χ0v) is 16.6. The molecule has 3 rings (SSSR count). The average Bonchev–Trinajstić information content (AvgIpc) is 2.78. The monoisotopic (exact) mass is 389 g/mol. The fourth-order valence-electron chi connectivity index (χ4n) is 3.26. The number of carbonyl (C=O) groups excluding carboxylic acids is 1. The van der Waals surface area contributed by atoms with Crippen LogP contribution in [-0.2, 0) is 11.3 Å². The topological polar surface area (TPSA) is 71.4 Å². The van der Waals surface area contributed by atoms with Crippen LogP contribution in [0.3, 0.4) is 0 Å². The minimum Gasteiger partial charge on any atom is -0.350 e. The minimum absolute atomic E-state index is 0.102. The number of para-hydroxylation sites is 1. The number of benzene rings is 2. The third-order valence-corrected chi connectivity index (χ3v) is 4.86. The number of hydrogen-bond acceptors (Lipinski definition) is 5. The molecule has 0 radical (unpaired) electrons. The third kappa shape index (κ3) is 6.46. The van der Waals surface area contributed by atoms with Crippen LogP contribution in [0.15, 0.2) is 72.4 Å². The molecule has 29 heavy (non-hydrogen) atoms. The molecule has 2 aromatic carbocycles. The van der Waals surface area contributed by atoms with Crippen LogP contribution in [0, 0.1) is 11.3 Å². The van der Waals surface area contributed by atoms with E-state index in [1.165, 1.54) is 0 Å². The molecule has 6 heteroatoms. The molecule has 6 nitrogen and oxygen atoms in total. The van der Waals surface area contributed by atoms with Crippen molar-refractivity contribution in [2.24, 2.45) is 0 Å². The first kappa shape index (κ1) is 20.6. The molecule has 1 aliphatic heterocycles. The second-order valence-electron chi connectivity index (χ2n) is 6.95. The number of nitrogens with one attached hydrogen (secondary N) is 2. The molecule has 150 valence electrons. The quantitative estimate of drug-likeness (QED) is 0.535. The van der Waals surface area contributed by atoms with Gasteiger partial charge in [-0.2, -0.15) is 5.26 Å². The Hall–Kier alpha value is -3.14. The van der Waals surface area contributed by atoms with Gasteiger partial charge in [0.05, 0.1) is 0 Å². The van der Waals surface area contributed by atoms with Crippen LogP contribution in [0.5, 0.6) is 0 Å². The lowest BCUT2D eigenvalue weighted by Gasteiger charge is -2.27. The number of nitrogens with zero attached hydrogens (tertiary/aromatic N) is 3. The first-order chi connectivity index (χ1) is 14.3. The maximum atomic E-state index is 12.6. The average molecular weight is 390 g/mol. The Kier molecular flexibility index (Phi) is 7.81. The van der Waals surface area contributed by atoms with Crippen molar-refractivity contribution < 1.29 is 4.79 Å². The Balaban J connectivity index is 1.68. The normalized spacial score (nSPS) is 14.8. The van der Waals surface area contributed by atoms with Crippen LogP contribution in [0.4, 0.5) is 5.69 Å². The molecular weight excluding hydrogens is 362 g/mol. The van der Waals surface area contributed by atoms with Crippen LogP contribution in [0.25, 0.3) is 0 Å². The number of anilines is 1. The number of nitriles is 1. The van der Waals surface area contributed by atoms with Crippen LogP contribution < -0.4 is 15.5 Å². The fraction of sp³-hybridized carbons (Fsp3) is 0.304. The molecule has 2 N–H and O–H groups in total. The second kappa shape index (κ2) is 11.0. The molecule has 0 unspecified atom stereocenters. The highest BCUT2D eigenvalue weighted by Crippen LogP contribution is 2.18. The minimum atomic E-state index is -0.336. The van der Waals surface area contributed by atoms with Crippen molar-refractivity contribution in [1.82, 2.24) is 15.5 Å². The van der Waals surface area contributed by atoms with E-state index >= 15 is 0 Å². The predicted molar refractivity (Wildman–Crippen MR) is 115 cm³/mol. The lowest BCUT2D eigenvalue weighted by atomic mass is 10.2. The van der Waals surface area contributed by atoms with E-state index in [1.54, 1.807) is 6.20 Å². The van der Waals surface area contributed by atoms with Crippen LogP contribution in [0.1, 0.15) is 5.56 Å². The Morgan fingerprint density at radius 3 is 2.41 bits per heavy atom. The van der Waals surface area contributed by atoms with E-state index in [9.17, 15) is 10.1 Å². The van der Waals surface area contributed by atoms with Gasteiger partial charge in [0, 0.05) is 57.7 Å². The van der Waals surface area contributed by atoms with Gasteiger partial charge < -0.3 is 15.5 Å². The second-order valence-corrected chi connectivity index (χ2v) is 6.95. The number of amides is 1. The van der Waals surface area contributed by atoms with Gasteiger partial charge >= 0.3 is 0 Å². The van der Waals surface area contributed by atoms with Crippen LogP contribution >= 0.6 is 0 Å². The van der Waals surface area contributed by atoms with E-state index in [4.69, 9.17) is 0 Å². The van der Waals surface area contributed by atoms with Gasteiger partial charge in [-0.25, -0.2) is 0 Å². The largest absolute Gasteiger partial charge is 0.350 e. The van der Waals surface area contributed by atoms with Crippen molar-refractivity contribution in [3.05, 3.63) is 78.0 Å². The Labute approximate surface area is 172 Å². The summed E-state index contributed by atoms with van der Waals surface area (Å²) in [6, 6.07) is 21.8. The summed E-state index contributed by atoms with van der Waals surface area (Å²) >= 11 is 0. The first-order valence-corrected chi connectivity index (χ1v) is 9.95. The number of piperazine rings is 1. The highest BCUT2D eigenvalue weighted by molar-refractivity contribution is 5.97. The van der Waals surface area contributed by atoms with E-state index in [-0.39, 0.29) is 11.5 Å². The summed E-state index contributed by atoms with van der Waals surface area (Å²) in [5.41, 5.74) is 2.13. The summed E-state index contributed by atoms with van der Waals surface area (Å²) < 4.78 is 0. The standard InChI is InChI=1S/C23H27N5O/c24-17-21(23(29)26-13-16-27-14-11-25-12-15-27)19-28(22-9-5-2-6-10-22)18-20-7-3-1-4-8-20/h1-10,19,25H,11-16,18H2,(H,26,29)/b21-19-. The van der Waals surface area contributed by atoms with Crippen LogP contribution in [-0.4, -0.2) is 50.1 Å². The third-order valence-electron chi connectivity index (χ3n) is 4.86. The molecule has 2 aromatic rings. The molecule has 0 aromatic heterocycles.